The summed E-state index contributed by atoms with van der Waals surface area (Å²) in [4.78, 5) is 0. The van der Waals surface area contributed by atoms with E-state index < -0.39 is 15.6 Å². The molecule has 5 nitrogen and oxygen atoms in total. The predicted octanol–water partition coefficient (Wildman–Crippen LogP) is 1.34. The second-order valence-electron chi connectivity index (χ2n) is 5.64. The van der Waals surface area contributed by atoms with E-state index in [-0.39, 0.29) is 12.3 Å². The lowest BCUT2D eigenvalue weighted by atomic mass is 10.0. The first-order valence-corrected chi connectivity index (χ1v) is 8.43. The Balaban J connectivity index is 2.08. The molecule has 1 aliphatic carbocycles. The molecule has 1 aliphatic rings. The first kappa shape index (κ1) is 15.3. The molecule has 0 radical (unpaired) electrons. The molecule has 1 aromatic rings. The summed E-state index contributed by atoms with van der Waals surface area (Å²) < 4.78 is 25.9. The van der Waals surface area contributed by atoms with Crippen molar-refractivity contribution in [3.63, 3.8) is 0 Å². The van der Waals surface area contributed by atoms with Crippen molar-refractivity contribution in [2.75, 3.05) is 19.3 Å². The normalized spacial score (nSPS) is 18.6. The van der Waals surface area contributed by atoms with Crippen LogP contribution < -0.4 is 5.73 Å². The number of rotatable bonds is 5. The van der Waals surface area contributed by atoms with Crippen LogP contribution in [0.2, 0.25) is 0 Å². The fraction of sp³-hybridized carbons (Fsp3) is 0.571. The smallest absolute Gasteiger partial charge is 0.218 e. The van der Waals surface area contributed by atoms with Crippen molar-refractivity contribution in [3.05, 3.63) is 29.8 Å². The average Bonchev–Trinajstić information content (AvgIpc) is 2.78. The highest BCUT2D eigenvalue weighted by Gasteiger charge is 2.35. The minimum Gasteiger partial charge on any atom is -0.398 e. The van der Waals surface area contributed by atoms with E-state index in [9.17, 15) is 13.5 Å². The number of sulfonamides is 1. The molecular weight excluding hydrogens is 276 g/mol. The van der Waals surface area contributed by atoms with E-state index in [0.717, 1.165) is 12.8 Å². The molecule has 0 bridgehead atoms. The largest absolute Gasteiger partial charge is 0.398 e. The Morgan fingerprint density at radius 1 is 1.30 bits per heavy atom. The molecular formula is C14H22N2O3S. The second-order valence-corrected chi connectivity index (χ2v) is 7.72. The van der Waals surface area contributed by atoms with Gasteiger partial charge in [-0.25, -0.2) is 12.7 Å². The minimum atomic E-state index is -3.47. The third-order valence-electron chi connectivity index (χ3n) is 3.92. The lowest BCUT2D eigenvalue weighted by Crippen LogP contribution is -2.42. The van der Waals surface area contributed by atoms with Crippen LogP contribution in [-0.2, 0) is 15.8 Å². The van der Waals surface area contributed by atoms with Crippen molar-refractivity contribution in [3.8, 4) is 0 Å². The molecule has 0 atom stereocenters. The molecule has 0 amide bonds. The maximum atomic E-state index is 12.3. The Hall–Kier alpha value is -1.11. The molecule has 0 aromatic heterocycles. The van der Waals surface area contributed by atoms with Gasteiger partial charge >= 0.3 is 0 Å². The van der Waals surface area contributed by atoms with E-state index >= 15 is 0 Å². The average molecular weight is 298 g/mol. The van der Waals surface area contributed by atoms with Gasteiger partial charge in [0.1, 0.15) is 0 Å². The molecule has 1 aromatic carbocycles. The number of nitrogens with zero attached hydrogens (tertiary/aromatic N) is 1. The van der Waals surface area contributed by atoms with Gasteiger partial charge in [0, 0.05) is 19.3 Å². The SMILES string of the molecule is CN(CC1(O)CCCC1)S(=O)(=O)Cc1ccccc1N. The highest BCUT2D eigenvalue weighted by atomic mass is 32.2. The summed E-state index contributed by atoms with van der Waals surface area (Å²) in [5.41, 5.74) is 5.99. The molecule has 3 N–H and O–H groups in total. The standard InChI is InChI=1S/C14H22N2O3S/c1-16(11-14(17)8-4-5-9-14)20(18,19)10-12-6-2-3-7-13(12)15/h2-3,6-7,17H,4-5,8-11,15H2,1H3. The fourth-order valence-corrected chi connectivity index (χ4v) is 3.99. The van der Waals surface area contributed by atoms with E-state index in [1.54, 1.807) is 24.3 Å². The Kier molecular flexibility index (Phi) is 4.36. The van der Waals surface area contributed by atoms with Crippen LogP contribution in [-0.4, -0.2) is 37.0 Å². The number of hydrogen-bond donors (Lipinski definition) is 2. The van der Waals surface area contributed by atoms with Gasteiger partial charge in [0.15, 0.2) is 0 Å². The first-order chi connectivity index (χ1) is 9.32. The zero-order valence-corrected chi connectivity index (χ0v) is 12.6. The first-order valence-electron chi connectivity index (χ1n) is 6.82. The van der Waals surface area contributed by atoms with Gasteiger partial charge in [-0.2, -0.15) is 0 Å². The van der Waals surface area contributed by atoms with Gasteiger partial charge in [0.25, 0.3) is 0 Å². The Morgan fingerprint density at radius 3 is 2.50 bits per heavy atom. The van der Waals surface area contributed by atoms with Gasteiger partial charge in [-0.05, 0) is 24.5 Å². The third-order valence-corrected chi connectivity index (χ3v) is 5.67. The molecule has 20 heavy (non-hydrogen) atoms. The van der Waals surface area contributed by atoms with Gasteiger partial charge in [-0.3, -0.25) is 0 Å². The summed E-state index contributed by atoms with van der Waals surface area (Å²) >= 11 is 0. The number of benzene rings is 1. The van der Waals surface area contributed by atoms with Gasteiger partial charge in [-0.15, -0.1) is 0 Å². The van der Waals surface area contributed by atoms with Crippen LogP contribution in [0, 0.1) is 0 Å². The van der Waals surface area contributed by atoms with Gasteiger partial charge in [-0.1, -0.05) is 31.0 Å². The van der Waals surface area contributed by atoms with Crippen LogP contribution in [0.15, 0.2) is 24.3 Å². The van der Waals surface area contributed by atoms with Gasteiger partial charge in [0.2, 0.25) is 10.0 Å². The molecule has 112 valence electrons. The second kappa shape index (κ2) is 5.71. The zero-order chi connectivity index (χ0) is 14.8. The van der Waals surface area contributed by atoms with Crippen LogP contribution >= 0.6 is 0 Å². The predicted molar refractivity (Wildman–Crippen MR) is 79.5 cm³/mol. The maximum absolute atomic E-state index is 12.3. The highest BCUT2D eigenvalue weighted by molar-refractivity contribution is 7.88. The quantitative estimate of drug-likeness (QED) is 0.803. The highest BCUT2D eigenvalue weighted by Crippen LogP contribution is 2.30. The summed E-state index contributed by atoms with van der Waals surface area (Å²) in [6, 6.07) is 6.95. The minimum absolute atomic E-state index is 0.133. The number of para-hydroxylation sites is 1. The third kappa shape index (κ3) is 3.50. The molecule has 0 aliphatic heterocycles. The van der Waals surface area contributed by atoms with Crippen molar-refractivity contribution in [1.29, 1.82) is 0 Å². The maximum Gasteiger partial charge on any atom is 0.218 e. The van der Waals surface area contributed by atoms with Crippen molar-refractivity contribution < 1.29 is 13.5 Å². The van der Waals surface area contributed by atoms with Crippen molar-refractivity contribution in [2.24, 2.45) is 0 Å². The van der Waals surface area contributed by atoms with E-state index in [4.69, 9.17) is 5.73 Å². The zero-order valence-electron chi connectivity index (χ0n) is 11.7. The lowest BCUT2D eigenvalue weighted by molar-refractivity contribution is 0.0333. The Morgan fingerprint density at radius 2 is 1.90 bits per heavy atom. The monoisotopic (exact) mass is 298 g/mol. The van der Waals surface area contributed by atoms with Gasteiger partial charge < -0.3 is 10.8 Å². The molecule has 0 unspecified atom stereocenters. The fourth-order valence-electron chi connectivity index (χ4n) is 2.68. The van der Waals surface area contributed by atoms with Crippen LogP contribution in [0.4, 0.5) is 5.69 Å². The van der Waals surface area contributed by atoms with Crippen LogP contribution in [0.3, 0.4) is 0 Å². The van der Waals surface area contributed by atoms with Crippen LogP contribution in [0.1, 0.15) is 31.2 Å². The Bertz CT molecular complexity index is 566. The van der Waals surface area contributed by atoms with E-state index in [1.165, 1.54) is 11.4 Å². The van der Waals surface area contributed by atoms with Crippen molar-refractivity contribution >= 4 is 15.7 Å². The molecule has 6 heteroatoms. The van der Waals surface area contributed by atoms with Crippen molar-refractivity contribution in [1.82, 2.24) is 4.31 Å². The molecule has 0 spiro atoms. The van der Waals surface area contributed by atoms with E-state index in [2.05, 4.69) is 0 Å². The molecule has 1 fully saturated rings. The number of nitrogens with two attached hydrogens (primary N) is 1. The lowest BCUT2D eigenvalue weighted by Gasteiger charge is -2.28. The molecule has 0 heterocycles. The summed E-state index contributed by atoms with van der Waals surface area (Å²) in [5.74, 6) is -0.133. The number of likely N-dealkylation sites (N-methyl/N-ethyl adjacent to an activating group) is 1. The summed E-state index contributed by atoms with van der Waals surface area (Å²) in [6.07, 6.45) is 3.24. The van der Waals surface area contributed by atoms with E-state index in [0.29, 0.717) is 24.1 Å². The van der Waals surface area contributed by atoms with E-state index in [1.807, 2.05) is 0 Å². The number of anilines is 1. The molecule has 1 saturated carbocycles. The summed E-state index contributed by atoms with van der Waals surface area (Å²) in [6.45, 7) is 0.155. The van der Waals surface area contributed by atoms with Gasteiger partial charge in [0.05, 0.1) is 11.4 Å². The summed E-state index contributed by atoms with van der Waals surface area (Å²) in [5, 5.41) is 10.3. The number of nitrogen functional groups attached to an aromatic ring is 1. The number of aliphatic hydroxyl groups is 1. The molecule has 0 saturated heterocycles. The van der Waals surface area contributed by atoms with Crippen molar-refractivity contribution in [2.45, 2.75) is 37.0 Å². The van der Waals surface area contributed by atoms with Crippen LogP contribution in [0.5, 0.6) is 0 Å². The van der Waals surface area contributed by atoms with Crippen LogP contribution in [0.25, 0.3) is 0 Å². The Labute approximate surface area is 120 Å². The summed E-state index contributed by atoms with van der Waals surface area (Å²) in [7, 11) is -1.95. The number of hydrogen-bond acceptors (Lipinski definition) is 4. The molecule has 2 rings (SSSR count). The topological polar surface area (TPSA) is 83.6 Å².